The van der Waals surface area contributed by atoms with Crippen LogP contribution in [0.2, 0.25) is 0 Å². The summed E-state index contributed by atoms with van der Waals surface area (Å²) in [6.45, 7) is 2.14. The van der Waals surface area contributed by atoms with Gasteiger partial charge in [-0.25, -0.2) is 23.1 Å². The van der Waals surface area contributed by atoms with Crippen molar-refractivity contribution in [3.8, 4) is 0 Å². The lowest BCUT2D eigenvalue weighted by molar-refractivity contribution is 0.102. The van der Waals surface area contributed by atoms with Gasteiger partial charge in [0, 0.05) is 16.8 Å². The summed E-state index contributed by atoms with van der Waals surface area (Å²) in [5.41, 5.74) is 1.54. The Morgan fingerprint density at radius 3 is 2.80 bits per heavy atom. The average molecular weight is 462 g/mol. The molecule has 8 nitrogen and oxygen atoms in total. The first-order chi connectivity index (χ1) is 14.3. The number of hydrogen-bond acceptors (Lipinski definition) is 8. The van der Waals surface area contributed by atoms with Gasteiger partial charge in [0.2, 0.25) is 10.0 Å². The number of carbonyl (C=O) groups excluding carboxylic acids is 1. The molecule has 0 spiro atoms. The van der Waals surface area contributed by atoms with Crippen LogP contribution in [0.1, 0.15) is 20.4 Å². The third-order valence-electron chi connectivity index (χ3n) is 4.26. The monoisotopic (exact) mass is 461 g/mol. The molecule has 0 fully saturated rings. The first kappa shape index (κ1) is 20.9. The minimum atomic E-state index is -3.21. The van der Waals surface area contributed by atoms with Gasteiger partial charge < -0.3 is 0 Å². The van der Waals surface area contributed by atoms with Crippen molar-refractivity contribution in [2.45, 2.75) is 18.5 Å². The van der Waals surface area contributed by atoms with E-state index in [-0.39, 0.29) is 11.5 Å². The van der Waals surface area contributed by atoms with Gasteiger partial charge in [-0.15, -0.1) is 16.4 Å². The standard InChI is InChI=1S/C19H19N5O3S3/c1-12-21-18-14-5-3-4-6-15(14)22-19(24(18)23-12)28-11-16(25)17-8-7-13(29-17)9-10-20-30(2,26)27/h3-8,20H,9-11H2,1-2H3. The van der Waals surface area contributed by atoms with E-state index in [0.29, 0.717) is 28.8 Å². The van der Waals surface area contributed by atoms with E-state index in [9.17, 15) is 13.2 Å². The number of ketones is 1. The molecule has 0 radical (unpaired) electrons. The summed E-state index contributed by atoms with van der Waals surface area (Å²) in [4.78, 5) is 23.4. The lowest BCUT2D eigenvalue weighted by atomic mass is 10.2. The van der Waals surface area contributed by atoms with E-state index in [1.165, 1.54) is 23.1 Å². The summed E-state index contributed by atoms with van der Waals surface area (Å²) < 4.78 is 26.4. The number of nitrogens with one attached hydrogen (secondary N) is 1. The number of hydrogen-bond donors (Lipinski definition) is 1. The average Bonchev–Trinajstić information content (AvgIpc) is 3.31. The molecular formula is C19H19N5O3S3. The number of carbonyl (C=O) groups is 1. The molecule has 1 aromatic carbocycles. The normalized spacial score (nSPS) is 12.1. The van der Waals surface area contributed by atoms with Gasteiger partial charge in [-0.3, -0.25) is 4.79 Å². The summed E-state index contributed by atoms with van der Waals surface area (Å²) in [7, 11) is -3.21. The Labute approximate surface area is 181 Å². The van der Waals surface area contributed by atoms with Gasteiger partial charge in [0.05, 0.1) is 22.4 Å². The molecule has 0 aliphatic carbocycles. The molecular weight excluding hydrogens is 442 g/mol. The van der Waals surface area contributed by atoms with Gasteiger partial charge in [0.15, 0.2) is 16.6 Å². The molecule has 1 N–H and O–H groups in total. The molecule has 0 aliphatic rings. The molecule has 0 bridgehead atoms. The molecule has 3 heterocycles. The Kier molecular flexibility index (Phi) is 5.87. The van der Waals surface area contributed by atoms with Gasteiger partial charge in [0.1, 0.15) is 5.82 Å². The molecule has 0 aliphatic heterocycles. The summed E-state index contributed by atoms with van der Waals surface area (Å²) in [6, 6.07) is 11.4. The fourth-order valence-corrected chi connectivity index (χ4v) is 5.29. The van der Waals surface area contributed by atoms with Crippen LogP contribution in [0.25, 0.3) is 16.6 Å². The number of thiophene rings is 1. The van der Waals surface area contributed by atoms with Crippen LogP contribution in [0.3, 0.4) is 0 Å². The van der Waals surface area contributed by atoms with E-state index in [4.69, 9.17) is 0 Å². The number of aryl methyl sites for hydroxylation is 1. The van der Waals surface area contributed by atoms with E-state index in [1.807, 2.05) is 37.3 Å². The van der Waals surface area contributed by atoms with Crippen molar-refractivity contribution in [1.29, 1.82) is 0 Å². The maximum absolute atomic E-state index is 12.7. The number of sulfonamides is 1. The number of thioether (sulfide) groups is 1. The molecule has 0 saturated heterocycles. The van der Waals surface area contributed by atoms with Crippen molar-refractivity contribution in [2.75, 3.05) is 18.6 Å². The number of para-hydroxylation sites is 1. The van der Waals surface area contributed by atoms with Crippen LogP contribution < -0.4 is 4.72 Å². The zero-order valence-corrected chi connectivity index (χ0v) is 18.8. The molecule has 0 amide bonds. The predicted octanol–water partition coefficient (Wildman–Crippen LogP) is 2.71. The minimum Gasteiger partial charge on any atom is -0.292 e. The Hall–Kier alpha value is -2.34. The Morgan fingerprint density at radius 2 is 2.00 bits per heavy atom. The topological polar surface area (TPSA) is 106 Å². The summed E-state index contributed by atoms with van der Waals surface area (Å²) in [5, 5.41) is 5.96. The molecule has 0 saturated carbocycles. The van der Waals surface area contributed by atoms with Crippen LogP contribution in [-0.4, -0.2) is 52.3 Å². The van der Waals surface area contributed by atoms with Crippen LogP contribution in [0, 0.1) is 6.92 Å². The lowest BCUT2D eigenvalue weighted by Gasteiger charge is -2.05. The minimum absolute atomic E-state index is 0.00716. The second kappa shape index (κ2) is 8.42. The van der Waals surface area contributed by atoms with Gasteiger partial charge >= 0.3 is 0 Å². The number of fused-ring (bicyclic) bond motifs is 3. The smallest absolute Gasteiger partial charge is 0.208 e. The third kappa shape index (κ3) is 4.69. The highest BCUT2D eigenvalue weighted by Gasteiger charge is 2.15. The molecule has 4 aromatic rings. The van der Waals surface area contributed by atoms with E-state index in [2.05, 4.69) is 19.8 Å². The van der Waals surface area contributed by atoms with Crippen molar-refractivity contribution in [1.82, 2.24) is 24.3 Å². The molecule has 11 heteroatoms. The van der Waals surface area contributed by atoms with Crippen molar-refractivity contribution in [3.63, 3.8) is 0 Å². The highest BCUT2D eigenvalue weighted by molar-refractivity contribution is 7.99. The lowest BCUT2D eigenvalue weighted by Crippen LogP contribution is -2.23. The second-order valence-electron chi connectivity index (χ2n) is 6.70. The van der Waals surface area contributed by atoms with E-state index >= 15 is 0 Å². The fraction of sp³-hybridized carbons (Fsp3) is 0.263. The second-order valence-corrected chi connectivity index (χ2v) is 10.6. The Morgan fingerprint density at radius 1 is 1.20 bits per heavy atom. The number of nitrogens with zero attached hydrogens (tertiary/aromatic N) is 4. The van der Waals surface area contributed by atoms with Crippen molar-refractivity contribution >= 4 is 55.5 Å². The van der Waals surface area contributed by atoms with Crippen LogP contribution >= 0.6 is 23.1 Å². The summed E-state index contributed by atoms with van der Waals surface area (Å²) in [6.07, 6.45) is 1.67. The van der Waals surface area contributed by atoms with Gasteiger partial charge in [0.25, 0.3) is 0 Å². The van der Waals surface area contributed by atoms with Gasteiger partial charge in [-0.1, -0.05) is 23.9 Å². The van der Waals surface area contributed by atoms with Gasteiger partial charge in [-0.05, 0) is 37.6 Å². The number of benzene rings is 1. The summed E-state index contributed by atoms with van der Waals surface area (Å²) in [5.74, 6) is 0.861. The van der Waals surface area contributed by atoms with Crippen LogP contribution in [0.15, 0.2) is 41.6 Å². The van der Waals surface area contributed by atoms with E-state index < -0.39 is 10.0 Å². The first-order valence-electron chi connectivity index (χ1n) is 9.11. The molecule has 0 atom stereocenters. The Bertz CT molecular complexity index is 1340. The van der Waals surface area contributed by atoms with Crippen molar-refractivity contribution in [3.05, 3.63) is 52.0 Å². The number of rotatable bonds is 8. The number of aromatic nitrogens is 4. The highest BCUT2D eigenvalue weighted by Crippen LogP contribution is 2.25. The van der Waals surface area contributed by atoms with E-state index in [0.717, 1.165) is 27.7 Å². The predicted molar refractivity (Wildman–Crippen MR) is 119 cm³/mol. The van der Waals surface area contributed by atoms with Crippen LogP contribution in [0.4, 0.5) is 0 Å². The van der Waals surface area contributed by atoms with Crippen molar-refractivity contribution in [2.24, 2.45) is 0 Å². The molecule has 4 rings (SSSR count). The Balaban J connectivity index is 1.48. The highest BCUT2D eigenvalue weighted by atomic mass is 32.2. The molecule has 0 unspecified atom stereocenters. The zero-order chi connectivity index (χ0) is 21.3. The zero-order valence-electron chi connectivity index (χ0n) is 16.3. The summed E-state index contributed by atoms with van der Waals surface area (Å²) >= 11 is 2.71. The maximum atomic E-state index is 12.7. The van der Waals surface area contributed by atoms with Crippen molar-refractivity contribution < 1.29 is 13.2 Å². The van der Waals surface area contributed by atoms with E-state index in [1.54, 1.807) is 10.6 Å². The molecule has 156 valence electrons. The SMILES string of the molecule is Cc1nc2c3ccccc3nc(SCC(=O)c3ccc(CCNS(C)(=O)=O)s3)n2n1. The maximum Gasteiger partial charge on any atom is 0.208 e. The van der Waals surface area contributed by atoms with Crippen LogP contribution in [0.5, 0.6) is 0 Å². The largest absolute Gasteiger partial charge is 0.292 e. The quantitative estimate of drug-likeness (QED) is 0.244. The third-order valence-corrected chi connectivity index (χ3v) is 7.10. The molecule has 3 aromatic heterocycles. The fourth-order valence-electron chi connectivity index (χ4n) is 2.95. The van der Waals surface area contributed by atoms with Gasteiger partial charge in [-0.2, -0.15) is 4.52 Å². The molecule has 30 heavy (non-hydrogen) atoms. The first-order valence-corrected chi connectivity index (χ1v) is 12.8. The van der Waals surface area contributed by atoms with Crippen LogP contribution in [-0.2, 0) is 16.4 Å². The number of Topliss-reactive ketones (excluding diaryl/α,β-unsaturated/α-hetero) is 1.